The lowest BCUT2D eigenvalue weighted by molar-refractivity contribution is -0.171. The number of esters is 1. The van der Waals surface area contributed by atoms with Gasteiger partial charge in [-0.2, -0.15) is 0 Å². The molecule has 9 nitrogen and oxygen atoms in total. The molecule has 2 aliphatic rings. The second-order valence-corrected chi connectivity index (χ2v) is 10.0. The van der Waals surface area contributed by atoms with Crippen molar-refractivity contribution in [3.8, 4) is 0 Å². The molecule has 0 radical (unpaired) electrons. The molecule has 3 rings (SSSR count). The average Bonchev–Trinajstić information content (AvgIpc) is 3.14. The van der Waals surface area contributed by atoms with Crippen LogP contribution in [0, 0.1) is 5.92 Å². The van der Waals surface area contributed by atoms with E-state index in [1.165, 1.54) is 45.2 Å². The van der Waals surface area contributed by atoms with Crippen molar-refractivity contribution in [2.75, 3.05) is 6.61 Å². The monoisotopic (exact) mass is 410 g/mol. The number of aromatic nitrogens is 1. The zero-order valence-corrected chi connectivity index (χ0v) is 16.5. The maximum Gasteiger partial charge on any atom is 0.330 e. The Hall–Kier alpha value is -2.46. The van der Waals surface area contributed by atoms with Crippen LogP contribution in [0.5, 0.6) is 0 Å². The molecule has 0 aromatic carbocycles. The lowest BCUT2D eigenvalue weighted by atomic mass is 9.86. The first-order valence-corrected chi connectivity index (χ1v) is 10.2. The third-order valence-electron chi connectivity index (χ3n) is 5.44. The highest BCUT2D eigenvalue weighted by molar-refractivity contribution is 7.93. The molecule has 2 saturated heterocycles. The Kier molecular flexibility index (Phi) is 4.75. The summed E-state index contributed by atoms with van der Waals surface area (Å²) in [5, 5.41) is 9.36. The number of rotatable bonds is 5. The van der Waals surface area contributed by atoms with Crippen LogP contribution < -0.4 is 0 Å². The molecule has 3 heterocycles. The Morgan fingerprint density at radius 1 is 1.43 bits per heavy atom. The predicted molar refractivity (Wildman–Crippen MR) is 97.8 cm³/mol. The fraction of sp³-hybridized carbons (Fsp3) is 0.500. The summed E-state index contributed by atoms with van der Waals surface area (Å²) in [6.45, 7) is 7.32. The summed E-state index contributed by atoms with van der Waals surface area (Å²) in [6.07, 6.45) is 1.25. The number of carbonyl (C=O) groups is 3. The summed E-state index contributed by atoms with van der Waals surface area (Å²) >= 11 is 0. The van der Waals surface area contributed by atoms with Gasteiger partial charge in [0, 0.05) is 13.1 Å². The van der Waals surface area contributed by atoms with E-state index < -0.39 is 49.9 Å². The number of hydrogen-bond donors (Lipinski definition) is 1. The summed E-state index contributed by atoms with van der Waals surface area (Å²) in [6, 6.07) is 1.64. The number of aliphatic hydroxyl groups excluding tert-OH is 1. The van der Waals surface area contributed by atoms with Crippen molar-refractivity contribution in [1.29, 1.82) is 0 Å². The van der Waals surface area contributed by atoms with Gasteiger partial charge in [-0.1, -0.05) is 12.7 Å². The van der Waals surface area contributed by atoms with E-state index in [-0.39, 0.29) is 18.2 Å². The predicted octanol–water partition coefficient (Wildman–Crippen LogP) is 0.271. The number of β-lactam (4-membered cyclic amide) rings is 1. The number of amides is 1. The van der Waals surface area contributed by atoms with Gasteiger partial charge in [0.2, 0.25) is 11.8 Å². The number of nitrogens with zero attached hydrogens (tertiary/aromatic N) is 2. The van der Waals surface area contributed by atoms with E-state index in [4.69, 9.17) is 4.74 Å². The summed E-state index contributed by atoms with van der Waals surface area (Å²) in [4.78, 5) is 37.9. The van der Waals surface area contributed by atoms with Gasteiger partial charge in [0.05, 0.1) is 10.4 Å². The highest BCUT2D eigenvalue weighted by Gasteiger charge is 2.73. The summed E-state index contributed by atoms with van der Waals surface area (Å²) < 4.78 is 30.8. The van der Waals surface area contributed by atoms with Crippen molar-refractivity contribution in [3.63, 3.8) is 0 Å². The zero-order valence-electron chi connectivity index (χ0n) is 15.7. The second-order valence-electron chi connectivity index (χ2n) is 7.40. The van der Waals surface area contributed by atoms with E-state index in [1.54, 1.807) is 0 Å². The highest BCUT2D eigenvalue weighted by atomic mass is 32.2. The molecule has 1 N–H and O–H groups in total. The molecule has 0 bridgehead atoms. The van der Waals surface area contributed by atoms with Gasteiger partial charge in [-0.05, 0) is 26.0 Å². The standard InChI is InChI=1S/C18H22N2O7S/c1-5-9-27-17(24)14-18(3,4)28(25,26)16-12(15(23)20(14)16)13(22)11-7-6-8-19(11)10(2)21/h5-8,12-14,16,22H,1,9H2,2-4H3/t12-,13?,14+,16-/m1/s1. The lowest BCUT2D eigenvalue weighted by Crippen LogP contribution is -2.65. The first-order valence-electron chi connectivity index (χ1n) is 8.68. The molecule has 10 heteroatoms. The third-order valence-corrected chi connectivity index (χ3v) is 8.28. The molecule has 1 unspecified atom stereocenters. The van der Waals surface area contributed by atoms with Crippen LogP contribution in [0.15, 0.2) is 31.0 Å². The molecule has 1 amide bonds. The van der Waals surface area contributed by atoms with Crippen molar-refractivity contribution in [1.82, 2.24) is 9.47 Å². The molecule has 2 aliphatic heterocycles. The van der Waals surface area contributed by atoms with E-state index in [9.17, 15) is 27.9 Å². The number of carbonyl (C=O) groups excluding carboxylic acids is 3. The third kappa shape index (κ3) is 2.55. The normalized spacial score (nSPS) is 28.2. The molecule has 0 spiro atoms. The molecular formula is C18H22N2O7S. The van der Waals surface area contributed by atoms with Gasteiger partial charge in [0.25, 0.3) is 0 Å². The molecule has 1 aromatic heterocycles. The minimum atomic E-state index is -4.01. The minimum Gasteiger partial charge on any atom is -0.460 e. The molecule has 152 valence electrons. The SMILES string of the molecule is C=CCOC(=O)[C@@H]1N2C(=O)[C@@H](C(O)c3cccn3C(C)=O)[C@H]2S(=O)(=O)C1(C)C. The largest absolute Gasteiger partial charge is 0.460 e. The Labute approximate surface area is 162 Å². The maximum absolute atomic E-state index is 13.1. The summed E-state index contributed by atoms with van der Waals surface area (Å²) in [5.41, 5.74) is 0.121. The number of hydrogen-bond acceptors (Lipinski definition) is 7. The van der Waals surface area contributed by atoms with Crippen molar-refractivity contribution in [2.24, 2.45) is 5.92 Å². The van der Waals surface area contributed by atoms with Gasteiger partial charge in [-0.25, -0.2) is 13.2 Å². The van der Waals surface area contributed by atoms with Crippen molar-refractivity contribution in [2.45, 2.75) is 43.0 Å². The van der Waals surface area contributed by atoms with Crippen LogP contribution in [0.2, 0.25) is 0 Å². The Morgan fingerprint density at radius 3 is 2.64 bits per heavy atom. The van der Waals surface area contributed by atoms with Crippen LogP contribution in [0.25, 0.3) is 0 Å². The number of sulfone groups is 1. The maximum atomic E-state index is 13.1. The molecule has 0 saturated carbocycles. The minimum absolute atomic E-state index is 0.115. The zero-order chi connectivity index (χ0) is 21.0. The van der Waals surface area contributed by atoms with Gasteiger partial charge >= 0.3 is 5.97 Å². The van der Waals surface area contributed by atoms with E-state index in [1.807, 2.05) is 0 Å². The number of ether oxygens (including phenoxy) is 1. The van der Waals surface area contributed by atoms with Gasteiger partial charge < -0.3 is 14.7 Å². The first kappa shape index (κ1) is 20.3. The second kappa shape index (κ2) is 6.56. The van der Waals surface area contributed by atoms with Crippen molar-refractivity contribution < 1.29 is 32.6 Å². The quantitative estimate of drug-likeness (QED) is 0.420. The molecule has 1 aromatic rings. The molecular weight excluding hydrogens is 388 g/mol. The highest BCUT2D eigenvalue weighted by Crippen LogP contribution is 2.52. The average molecular weight is 410 g/mol. The Bertz CT molecular complexity index is 962. The van der Waals surface area contributed by atoms with Gasteiger partial charge in [-0.15, -0.1) is 0 Å². The Morgan fingerprint density at radius 2 is 2.07 bits per heavy atom. The summed E-state index contributed by atoms with van der Waals surface area (Å²) in [7, 11) is -4.01. The van der Waals surface area contributed by atoms with E-state index in [2.05, 4.69) is 6.58 Å². The molecule has 28 heavy (non-hydrogen) atoms. The van der Waals surface area contributed by atoms with E-state index in [0.29, 0.717) is 0 Å². The fourth-order valence-electron chi connectivity index (χ4n) is 3.94. The van der Waals surface area contributed by atoms with E-state index in [0.717, 1.165) is 9.47 Å². The molecule has 0 aliphatic carbocycles. The van der Waals surface area contributed by atoms with Crippen LogP contribution in [0.4, 0.5) is 0 Å². The van der Waals surface area contributed by atoms with E-state index >= 15 is 0 Å². The molecule has 4 atom stereocenters. The van der Waals surface area contributed by atoms with Crippen LogP contribution in [-0.4, -0.2) is 63.5 Å². The van der Waals surface area contributed by atoms with Crippen molar-refractivity contribution in [3.05, 3.63) is 36.7 Å². The van der Waals surface area contributed by atoms with Crippen molar-refractivity contribution >= 4 is 27.6 Å². The molecule has 2 fully saturated rings. The number of aliphatic hydroxyl groups is 1. The number of fused-ring (bicyclic) bond motifs is 1. The first-order chi connectivity index (χ1) is 13.0. The van der Waals surface area contributed by atoms with Gasteiger partial charge in [-0.3, -0.25) is 14.2 Å². The van der Waals surface area contributed by atoms with Gasteiger partial charge in [0.15, 0.2) is 9.84 Å². The lowest BCUT2D eigenvalue weighted by Gasteiger charge is -2.44. The Balaban J connectivity index is 1.99. The van der Waals surface area contributed by atoms with Crippen LogP contribution >= 0.6 is 0 Å². The van der Waals surface area contributed by atoms with Gasteiger partial charge in [0.1, 0.15) is 30.0 Å². The van der Waals surface area contributed by atoms with Crippen LogP contribution in [0.1, 0.15) is 37.4 Å². The smallest absolute Gasteiger partial charge is 0.330 e. The topological polar surface area (TPSA) is 123 Å². The van der Waals surface area contributed by atoms with Crippen LogP contribution in [0.3, 0.4) is 0 Å². The fourth-order valence-corrected chi connectivity index (χ4v) is 6.26. The van der Waals surface area contributed by atoms with Crippen LogP contribution in [-0.2, 0) is 24.2 Å². The summed E-state index contributed by atoms with van der Waals surface area (Å²) in [5.74, 6) is -3.22.